The van der Waals surface area contributed by atoms with Crippen molar-refractivity contribution in [1.29, 1.82) is 5.26 Å². The van der Waals surface area contributed by atoms with Crippen LogP contribution in [-0.4, -0.2) is 30.7 Å². The van der Waals surface area contributed by atoms with Crippen LogP contribution in [0.4, 0.5) is 5.82 Å². The van der Waals surface area contributed by atoms with E-state index in [1.54, 1.807) is 20.4 Å². The zero-order valence-electron chi connectivity index (χ0n) is 13.5. The van der Waals surface area contributed by atoms with Crippen LogP contribution in [0.5, 0.6) is 11.5 Å². The summed E-state index contributed by atoms with van der Waals surface area (Å²) in [5, 5.41) is 12.2. The molecule has 120 valence electrons. The first kappa shape index (κ1) is 16.6. The van der Waals surface area contributed by atoms with Gasteiger partial charge in [-0.3, -0.25) is 0 Å². The van der Waals surface area contributed by atoms with Crippen LogP contribution in [0.1, 0.15) is 18.2 Å². The molecule has 0 aliphatic carbocycles. The molecule has 1 atom stereocenters. The average molecular weight is 312 g/mol. The van der Waals surface area contributed by atoms with Gasteiger partial charge in [0, 0.05) is 18.9 Å². The second-order valence-electron chi connectivity index (χ2n) is 5.24. The summed E-state index contributed by atoms with van der Waals surface area (Å²) in [7, 11) is 3.25. The average Bonchev–Trinajstić information content (AvgIpc) is 2.60. The molecule has 6 heteroatoms. The van der Waals surface area contributed by atoms with E-state index in [0.717, 1.165) is 23.5 Å². The monoisotopic (exact) mass is 312 g/mol. The van der Waals surface area contributed by atoms with Crippen LogP contribution in [-0.2, 0) is 6.42 Å². The lowest BCUT2D eigenvalue weighted by molar-refractivity contribution is 0.354. The van der Waals surface area contributed by atoms with E-state index in [0.29, 0.717) is 24.0 Å². The fourth-order valence-corrected chi connectivity index (χ4v) is 2.30. The summed E-state index contributed by atoms with van der Waals surface area (Å²) in [5.41, 5.74) is 1.47. The van der Waals surface area contributed by atoms with Gasteiger partial charge in [0.05, 0.1) is 14.2 Å². The van der Waals surface area contributed by atoms with Crippen LogP contribution in [0.25, 0.3) is 0 Å². The Kier molecular flexibility index (Phi) is 5.75. The van der Waals surface area contributed by atoms with Crippen molar-refractivity contribution >= 4 is 5.82 Å². The Labute approximate surface area is 136 Å². The number of hydrogen-bond acceptors (Lipinski definition) is 6. The minimum Gasteiger partial charge on any atom is -0.493 e. The number of ether oxygens (including phenoxy) is 2. The molecule has 1 aromatic carbocycles. The summed E-state index contributed by atoms with van der Waals surface area (Å²) in [5.74, 6) is 2.32. The van der Waals surface area contributed by atoms with Gasteiger partial charge in [0.15, 0.2) is 23.0 Å². The predicted octanol–water partition coefficient (Wildman–Crippen LogP) is 2.66. The summed E-state index contributed by atoms with van der Waals surface area (Å²) >= 11 is 0. The van der Waals surface area contributed by atoms with Crippen molar-refractivity contribution in [2.75, 3.05) is 26.1 Å². The Hall–Kier alpha value is -2.81. The molecular weight excluding hydrogens is 292 g/mol. The van der Waals surface area contributed by atoms with Crippen molar-refractivity contribution in [2.45, 2.75) is 13.3 Å². The quantitative estimate of drug-likeness (QED) is 0.846. The fourth-order valence-electron chi connectivity index (χ4n) is 2.30. The van der Waals surface area contributed by atoms with E-state index in [1.165, 1.54) is 6.20 Å². The standard InChI is InChI=1S/C17H20N4O2/c1-12(11-21-17-14(10-18)19-6-7-20-17)8-13-4-5-15(22-2)16(9-13)23-3/h4-7,9,12H,8,11H2,1-3H3,(H,20,21). The van der Waals surface area contributed by atoms with Gasteiger partial charge in [0.2, 0.25) is 0 Å². The smallest absolute Gasteiger partial charge is 0.182 e. The Morgan fingerprint density at radius 1 is 1.17 bits per heavy atom. The van der Waals surface area contributed by atoms with Gasteiger partial charge in [-0.25, -0.2) is 9.97 Å². The Morgan fingerprint density at radius 3 is 2.61 bits per heavy atom. The normalized spacial score (nSPS) is 11.4. The summed E-state index contributed by atoms with van der Waals surface area (Å²) in [6, 6.07) is 7.95. The van der Waals surface area contributed by atoms with Crippen molar-refractivity contribution in [3.8, 4) is 17.6 Å². The number of aromatic nitrogens is 2. The zero-order chi connectivity index (χ0) is 16.7. The molecule has 0 aliphatic rings. The molecule has 0 amide bonds. The molecule has 0 saturated heterocycles. The number of methoxy groups -OCH3 is 2. The Morgan fingerprint density at radius 2 is 1.91 bits per heavy atom. The van der Waals surface area contributed by atoms with Crippen LogP contribution in [0, 0.1) is 17.2 Å². The summed E-state index contributed by atoms with van der Waals surface area (Å²) in [6.45, 7) is 2.83. The maximum atomic E-state index is 9.01. The van der Waals surface area contributed by atoms with Gasteiger partial charge in [-0.05, 0) is 30.0 Å². The van der Waals surface area contributed by atoms with Crippen molar-refractivity contribution in [3.05, 3.63) is 41.9 Å². The molecule has 2 aromatic rings. The number of anilines is 1. The molecule has 6 nitrogen and oxygen atoms in total. The van der Waals surface area contributed by atoms with Crippen LogP contribution >= 0.6 is 0 Å². The van der Waals surface area contributed by atoms with Gasteiger partial charge in [-0.2, -0.15) is 5.26 Å². The number of benzene rings is 1. The molecule has 23 heavy (non-hydrogen) atoms. The van der Waals surface area contributed by atoms with Gasteiger partial charge in [-0.15, -0.1) is 0 Å². The maximum Gasteiger partial charge on any atom is 0.182 e. The summed E-state index contributed by atoms with van der Waals surface area (Å²) in [4.78, 5) is 8.13. The van der Waals surface area contributed by atoms with Crippen LogP contribution in [0.3, 0.4) is 0 Å². The van der Waals surface area contributed by atoms with Gasteiger partial charge >= 0.3 is 0 Å². The molecule has 0 spiro atoms. The predicted molar refractivity (Wildman–Crippen MR) is 87.7 cm³/mol. The lowest BCUT2D eigenvalue weighted by Gasteiger charge is -2.15. The number of nitriles is 1. The van der Waals surface area contributed by atoms with Crippen molar-refractivity contribution in [3.63, 3.8) is 0 Å². The molecule has 0 radical (unpaired) electrons. The third kappa shape index (κ3) is 4.33. The first-order valence-electron chi connectivity index (χ1n) is 7.33. The topological polar surface area (TPSA) is 80.1 Å². The van der Waals surface area contributed by atoms with Gasteiger partial charge in [0.1, 0.15) is 6.07 Å². The van der Waals surface area contributed by atoms with E-state index in [2.05, 4.69) is 22.2 Å². The molecule has 0 fully saturated rings. The molecule has 0 saturated carbocycles. The lowest BCUT2D eigenvalue weighted by Crippen LogP contribution is -2.15. The summed E-state index contributed by atoms with van der Waals surface area (Å²) < 4.78 is 10.6. The van der Waals surface area contributed by atoms with Crippen LogP contribution in [0.15, 0.2) is 30.6 Å². The highest BCUT2D eigenvalue weighted by Gasteiger charge is 2.10. The van der Waals surface area contributed by atoms with E-state index in [4.69, 9.17) is 14.7 Å². The summed E-state index contributed by atoms with van der Waals surface area (Å²) in [6.07, 6.45) is 3.95. The van der Waals surface area contributed by atoms with Crippen molar-refractivity contribution < 1.29 is 9.47 Å². The number of nitrogens with one attached hydrogen (secondary N) is 1. The van der Waals surface area contributed by atoms with Gasteiger partial charge in [-0.1, -0.05) is 13.0 Å². The Bertz CT molecular complexity index is 697. The third-order valence-corrected chi connectivity index (χ3v) is 3.45. The van der Waals surface area contributed by atoms with Crippen LogP contribution < -0.4 is 14.8 Å². The molecule has 1 heterocycles. The highest BCUT2D eigenvalue weighted by molar-refractivity contribution is 5.46. The van der Waals surface area contributed by atoms with E-state index < -0.39 is 0 Å². The van der Waals surface area contributed by atoms with Crippen LogP contribution in [0.2, 0.25) is 0 Å². The molecule has 1 aromatic heterocycles. The lowest BCUT2D eigenvalue weighted by atomic mass is 10.0. The molecule has 0 bridgehead atoms. The SMILES string of the molecule is COc1ccc(CC(C)CNc2nccnc2C#N)cc1OC. The first-order chi connectivity index (χ1) is 11.2. The Balaban J connectivity index is 1.97. The maximum absolute atomic E-state index is 9.01. The second kappa shape index (κ2) is 7.99. The minimum absolute atomic E-state index is 0.311. The third-order valence-electron chi connectivity index (χ3n) is 3.45. The van der Waals surface area contributed by atoms with Gasteiger partial charge < -0.3 is 14.8 Å². The molecular formula is C17H20N4O2. The van der Waals surface area contributed by atoms with E-state index in [-0.39, 0.29) is 0 Å². The first-order valence-corrected chi connectivity index (χ1v) is 7.33. The van der Waals surface area contributed by atoms with Crippen molar-refractivity contribution in [1.82, 2.24) is 9.97 Å². The van der Waals surface area contributed by atoms with Crippen molar-refractivity contribution in [2.24, 2.45) is 5.92 Å². The fraction of sp³-hybridized carbons (Fsp3) is 0.353. The zero-order valence-corrected chi connectivity index (χ0v) is 13.5. The molecule has 0 aliphatic heterocycles. The van der Waals surface area contributed by atoms with E-state index in [9.17, 15) is 0 Å². The minimum atomic E-state index is 0.311. The highest BCUT2D eigenvalue weighted by Crippen LogP contribution is 2.28. The number of rotatable bonds is 7. The largest absolute Gasteiger partial charge is 0.493 e. The molecule has 2 rings (SSSR count). The van der Waals surface area contributed by atoms with E-state index in [1.807, 2.05) is 24.3 Å². The number of hydrogen-bond donors (Lipinski definition) is 1. The second-order valence-corrected chi connectivity index (χ2v) is 5.24. The molecule has 1 N–H and O–H groups in total. The molecule has 1 unspecified atom stereocenters. The highest BCUT2D eigenvalue weighted by atomic mass is 16.5. The number of nitrogens with zero attached hydrogens (tertiary/aromatic N) is 3. The van der Waals surface area contributed by atoms with E-state index >= 15 is 0 Å². The van der Waals surface area contributed by atoms with Gasteiger partial charge in [0.25, 0.3) is 0 Å².